The van der Waals surface area contributed by atoms with Crippen molar-refractivity contribution in [2.45, 2.75) is 50.9 Å². The first kappa shape index (κ1) is 17.0. The molecule has 0 N–H and O–H groups in total. The highest BCUT2D eigenvalue weighted by molar-refractivity contribution is 5.81. The van der Waals surface area contributed by atoms with Gasteiger partial charge in [0.2, 0.25) is 0 Å². The van der Waals surface area contributed by atoms with Crippen molar-refractivity contribution in [2.24, 2.45) is 11.8 Å². The van der Waals surface area contributed by atoms with Crippen molar-refractivity contribution >= 4 is 5.91 Å². The second kappa shape index (κ2) is 7.42. The second-order valence-corrected chi connectivity index (χ2v) is 8.02. The molecule has 1 saturated carbocycles. The number of likely N-dealkylation sites (tertiary alicyclic amines) is 1. The molecule has 0 bridgehead atoms. The summed E-state index contributed by atoms with van der Waals surface area (Å²) in [7, 11) is 1.85. The number of rotatable bonds is 5. The number of piperidine rings is 1. The van der Waals surface area contributed by atoms with E-state index in [2.05, 4.69) is 9.88 Å². The van der Waals surface area contributed by atoms with Crippen molar-refractivity contribution in [3.63, 3.8) is 0 Å². The van der Waals surface area contributed by atoms with Crippen molar-refractivity contribution < 1.29 is 9.53 Å². The van der Waals surface area contributed by atoms with Gasteiger partial charge in [-0.2, -0.15) is 0 Å². The molecule has 5 nitrogen and oxygen atoms in total. The first-order valence-corrected chi connectivity index (χ1v) is 9.72. The predicted octanol–water partition coefficient (Wildman–Crippen LogP) is 2.32. The smallest absolute Gasteiger partial charge is 0.251 e. The fourth-order valence-corrected chi connectivity index (χ4v) is 4.42. The molecule has 0 radical (unpaired) electrons. The van der Waals surface area contributed by atoms with Crippen LogP contribution in [-0.4, -0.2) is 59.6 Å². The van der Waals surface area contributed by atoms with Crippen molar-refractivity contribution in [3.8, 4) is 0 Å². The third-order valence-corrected chi connectivity index (χ3v) is 6.15. The molecule has 3 atom stereocenters. The highest BCUT2D eigenvalue weighted by Gasteiger charge is 2.43. The fourth-order valence-electron chi connectivity index (χ4n) is 4.42. The maximum absolute atomic E-state index is 12.8. The number of likely N-dealkylation sites (N-methyl/N-ethyl adjacent to an activating group) is 1. The van der Waals surface area contributed by atoms with E-state index in [1.807, 2.05) is 25.2 Å². The van der Waals surface area contributed by atoms with Gasteiger partial charge in [0.15, 0.2) is 0 Å². The second-order valence-electron chi connectivity index (χ2n) is 8.02. The zero-order valence-electron chi connectivity index (χ0n) is 15.1. The van der Waals surface area contributed by atoms with Gasteiger partial charge in [-0.15, -0.1) is 0 Å². The molecule has 3 aliphatic rings. The number of nitrogens with zero attached hydrogens (tertiary/aromatic N) is 3. The molecule has 1 amide bonds. The number of hydrogen-bond acceptors (Lipinski definition) is 4. The van der Waals surface area contributed by atoms with E-state index in [1.54, 1.807) is 11.1 Å². The molecule has 0 unspecified atom stereocenters. The number of fused-ring (bicyclic) bond motifs is 1. The van der Waals surface area contributed by atoms with Gasteiger partial charge in [0.05, 0.1) is 18.3 Å². The minimum absolute atomic E-state index is 0.102. The third kappa shape index (κ3) is 3.87. The largest absolute Gasteiger partial charge is 0.364 e. The Morgan fingerprint density at radius 1 is 1.36 bits per heavy atom. The number of amides is 1. The highest BCUT2D eigenvalue weighted by atomic mass is 16.5. The Hall–Kier alpha value is -1.46. The molecule has 1 aromatic rings. The molecule has 136 valence electrons. The van der Waals surface area contributed by atoms with Crippen LogP contribution in [0.3, 0.4) is 0 Å². The Balaban J connectivity index is 1.29. The van der Waals surface area contributed by atoms with Crippen LogP contribution in [-0.2, 0) is 16.1 Å². The van der Waals surface area contributed by atoms with E-state index < -0.39 is 0 Å². The summed E-state index contributed by atoms with van der Waals surface area (Å²) in [5, 5.41) is 0. The standard InChI is InChI=1S/C20H29N3O2/c1-22(13-17-7-2-3-9-21-17)20(24)18-11-16-8-10-23(14-19(16)25-18)12-15-5-4-6-15/h2-3,7,9,15-16,18-19H,4-6,8,10-14H2,1H3/t16-,18-,19-/m0/s1. The Morgan fingerprint density at radius 2 is 2.24 bits per heavy atom. The van der Waals surface area contributed by atoms with Crippen molar-refractivity contribution in [1.82, 2.24) is 14.8 Å². The summed E-state index contributed by atoms with van der Waals surface area (Å²) in [5.41, 5.74) is 0.917. The summed E-state index contributed by atoms with van der Waals surface area (Å²) in [6.45, 7) is 3.95. The first-order valence-electron chi connectivity index (χ1n) is 9.72. The lowest BCUT2D eigenvalue weighted by Gasteiger charge is -2.38. The van der Waals surface area contributed by atoms with Gasteiger partial charge >= 0.3 is 0 Å². The van der Waals surface area contributed by atoms with Crippen molar-refractivity contribution in [1.29, 1.82) is 0 Å². The van der Waals surface area contributed by atoms with Gasteiger partial charge in [-0.05, 0) is 56.2 Å². The van der Waals surface area contributed by atoms with Crippen LogP contribution < -0.4 is 0 Å². The molecule has 4 rings (SSSR count). The van der Waals surface area contributed by atoms with E-state index in [-0.39, 0.29) is 18.1 Å². The summed E-state index contributed by atoms with van der Waals surface area (Å²) < 4.78 is 6.20. The number of carbonyl (C=O) groups is 1. The van der Waals surface area contributed by atoms with Crippen LogP contribution in [0.1, 0.15) is 37.8 Å². The number of carbonyl (C=O) groups excluding carboxylic acids is 1. The monoisotopic (exact) mass is 343 g/mol. The number of pyridine rings is 1. The average molecular weight is 343 g/mol. The molecule has 0 aromatic carbocycles. The van der Waals surface area contributed by atoms with Crippen molar-refractivity contribution in [3.05, 3.63) is 30.1 Å². The number of aromatic nitrogens is 1. The van der Waals surface area contributed by atoms with Crippen LogP contribution in [0.25, 0.3) is 0 Å². The fraction of sp³-hybridized carbons (Fsp3) is 0.700. The molecule has 0 spiro atoms. The number of ether oxygens (including phenoxy) is 1. The molecule has 5 heteroatoms. The minimum Gasteiger partial charge on any atom is -0.364 e. The Morgan fingerprint density at radius 3 is 2.96 bits per heavy atom. The van der Waals surface area contributed by atoms with Gasteiger partial charge in [0.1, 0.15) is 6.10 Å². The van der Waals surface area contributed by atoms with Crippen LogP contribution in [0.5, 0.6) is 0 Å². The Labute approximate surface area is 150 Å². The highest BCUT2D eigenvalue weighted by Crippen LogP contribution is 2.35. The average Bonchev–Trinajstić information content (AvgIpc) is 3.01. The molecule has 2 saturated heterocycles. The van der Waals surface area contributed by atoms with Crippen LogP contribution in [0, 0.1) is 11.8 Å². The minimum atomic E-state index is -0.271. The molecule has 1 aliphatic carbocycles. The summed E-state index contributed by atoms with van der Waals surface area (Å²) in [4.78, 5) is 21.4. The van der Waals surface area contributed by atoms with Gasteiger partial charge < -0.3 is 14.5 Å². The predicted molar refractivity (Wildman–Crippen MR) is 95.9 cm³/mol. The zero-order valence-corrected chi connectivity index (χ0v) is 15.1. The van der Waals surface area contributed by atoms with Gasteiger partial charge in [-0.3, -0.25) is 9.78 Å². The van der Waals surface area contributed by atoms with E-state index in [0.717, 1.165) is 24.6 Å². The molecular formula is C20H29N3O2. The summed E-state index contributed by atoms with van der Waals surface area (Å²) in [5.74, 6) is 1.56. The lowest BCUT2D eigenvalue weighted by Crippen LogP contribution is -2.45. The van der Waals surface area contributed by atoms with E-state index in [4.69, 9.17) is 4.74 Å². The summed E-state index contributed by atoms with van der Waals surface area (Å²) in [6.07, 6.45) is 7.98. The zero-order chi connectivity index (χ0) is 17.2. The van der Waals surface area contributed by atoms with E-state index in [9.17, 15) is 4.79 Å². The van der Waals surface area contributed by atoms with Crippen molar-refractivity contribution in [2.75, 3.05) is 26.7 Å². The Kier molecular flexibility index (Phi) is 5.04. The SMILES string of the molecule is CN(Cc1ccccn1)C(=O)[C@@H]1C[C@@H]2CCN(CC3CCC3)C[C@@H]2O1. The summed E-state index contributed by atoms with van der Waals surface area (Å²) in [6, 6.07) is 5.81. The first-order chi connectivity index (χ1) is 12.2. The number of hydrogen-bond donors (Lipinski definition) is 0. The molecular weight excluding hydrogens is 314 g/mol. The molecule has 3 heterocycles. The molecule has 2 aliphatic heterocycles. The lowest BCUT2D eigenvalue weighted by atomic mass is 9.84. The normalized spacial score (nSPS) is 29.9. The lowest BCUT2D eigenvalue weighted by molar-refractivity contribution is -0.143. The van der Waals surface area contributed by atoms with E-state index in [0.29, 0.717) is 12.5 Å². The maximum Gasteiger partial charge on any atom is 0.251 e. The Bertz CT molecular complexity index is 590. The molecule has 25 heavy (non-hydrogen) atoms. The third-order valence-electron chi connectivity index (χ3n) is 6.15. The van der Waals surface area contributed by atoms with Gasteiger partial charge in [-0.1, -0.05) is 12.5 Å². The molecule has 1 aromatic heterocycles. The van der Waals surface area contributed by atoms with Crippen LogP contribution in [0.15, 0.2) is 24.4 Å². The van der Waals surface area contributed by atoms with Gasteiger partial charge in [-0.25, -0.2) is 0 Å². The van der Waals surface area contributed by atoms with Crippen LogP contribution >= 0.6 is 0 Å². The quantitative estimate of drug-likeness (QED) is 0.823. The van der Waals surface area contributed by atoms with Crippen LogP contribution in [0.4, 0.5) is 0 Å². The molecule has 3 fully saturated rings. The van der Waals surface area contributed by atoms with Gasteiger partial charge in [0, 0.05) is 26.3 Å². The van der Waals surface area contributed by atoms with E-state index >= 15 is 0 Å². The van der Waals surface area contributed by atoms with E-state index in [1.165, 1.54) is 38.8 Å². The topological polar surface area (TPSA) is 45.7 Å². The maximum atomic E-state index is 12.8. The van der Waals surface area contributed by atoms with Gasteiger partial charge in [0.25, 0.3) is 5.91 Å². The summed E-state index contributed by atoms with van der Waals surface area (Å²) >= 11 is 0. The van der Waals surface area contributed by atoms with Crippen LogP contribution in [0.2, 0.25) is 0 Å².